The SMILES string of the molecule is [2H]C([2H])([2H])OC([2H])([2H])c1ncc(B2OC(C)(C)C(C)(C)O2)cn1. The normalized spacial score (nSPS) is 26.9. The summed E-state index contributed by atoms with van der Waals surface area (Å²) in [5.74, 6) is -0.381. The summed E-state index contributed by atoms with van der Waals surface area (Å²) < 4.78 is 52.3. The lowest BCUT2D eigenvalue weighted by molar-refractivity contribution is 0.00578. The first-order chi connectivity index (χ1) is 10.2. The molecule has 0 spiro atoms. The van der Waals surface area contributed by atoms with E-state index >= 15 is 0 Å². The van der Waals surface area contributed by atoms with Gasteiger partial charge in [-0.25, -0.2) is 9.97 Å². The van der Waals surface area contributed by atoms with E-state index in [1.165, 1.54) is 12.4 Å². The molecule has 6 heteroatoms. The van der Waals surface area contributed by atoms with Crippen LogP contribution < -0.4 is 5.46 Å². The third-order valence-corrected chi connectivity index (χ3v) is 3.34. The summed E-state index contributed by atoms with van der Waals surface area (Å²) in [6, 6.07) is 0. The molecule has 0 aliphatic carbocycles. The van der Waals surface area contributed by atoms with E-state index in [0.717, 1.165) is 0 Å². The maximum absolute atomic E-state index is 7.63. The first-order valence-electron chi connectivity index (χ1n) is 8.12. The quantitative estimate of drug-likeness (QED) is 0.752. The lowest BCUT2D eigenvalue weighted by Crippen LogP contribution is -2.41. The molecule has 1 aliphatic rings. The largest absolute Gasteiger partial charge is 0.498 e. The topological polar surface area (TPSA) is 53.5 Å². The molecule has 2 heterocycles. The summed E-state index contributed by atoms with van der Waals surface area (Å²) in [7, 11) is -3.57. The Hall–Kier alpha value is -0.975. The van der Waals surface area contributed by atoms with E-state index < -0.39 is 31.9 Å². The van der Waals surface area contributed by atoms with Gasteiger partial charge in [-0.15, -0.1) is 0 Å². The van der Waals surface area contributed by atoms with Crippen molar-refractivity contribution in [3.8, 4) is 0 Å². The average molecular weight is 255 g/mol. The van der Waals surface area contributed by atoms with Crippen LogP contribution in [-0.2, 0) is 20.6 Å². The Kier molecular flexibility index (Phi) is 2.11. The predicted octanol–water partition coefficient (Wildman–Crippen LogP) is 0.922. The molecule has 1 saturated heterocycles. The molecule has 0 amide bonds. The van der Waals surface area contributed by atoms with E-state index in [4.69, 9.17) is 16.2 Å². The van der Waals surface area contributed by atoms with Gasteiger partial charge in [0.25, 0.3) is 0 Å². The third-order valence-electron chi connectivity index (χ3n) is 3.34. The molecule has 1 aromatic heterocycles. The molecule has 98 valence electrons. The lowest BCUT2D eigenvalue weighted by Gasteiger charge is -2.32. The number of nitrogens with zero attached hydrogens (tertiary/aromatic N) is 2. The van der Waals surface area contributed by atoms with Gasteiger partial charge >= 0.3 is 7.12 Å². The summed E-state index contributed by atoms with van der Waals surface area (Å²) in [5, 5.41) is 0. The van der Waals surface area contributed by atoms with Gasteiger partial charge in [0.1, 0.15) is 6.56 Å². The highest BCUT2D eigenvalue weighted by atomic mass is 16.7. The summed E-state index contributed by atoms with van der Waals surface area (Å²) in [6.45, 7) is 5.01. The van der Waals surface area contributed by atoms with Crippen molar-refractivity contribution in [2.45, 2.75) is 45.5 Å². The molecular weight excluding hydrogens is 231 g/mol. The molecule has 0 bridgehead atoms. The zero-order valence-electron chi connectivity index (χ0n) is 15.9. The van der Waals surface area contributed by atoms with E-state index in [0.29, 0.717) is 5.46 Å². The highest BCUT2D eigenvalue weighted by Crippen LogP contribution is 2.36. The summed E-state index contributed by atoms with van der Waals surface area (Å²) in [5.41, 5.74) is -0.526. The zero-order chi connectivity index (χ0) is 17.7. The molecule has 18 heavy (non-hydrogen) atoms. The number of hydrogen-bond acceptors (Lipinski definition) is 5. The first kappa shape index (κ1) is 8.25. The molecular formula is C12H19BN2O3. The monoisotopic (exact) mass is 255 g/mol. The minimum absolute atomic E-state index is 0.381. The van der Waals surface area contributed by atoms with Crippen LogP contribution in [0.1, 0.15) is 40.4 Å². The minimum Gasteiger partial charge on any atom is -0.399 e. The molecule has 0 radical (unpaired) electrons. The third kappa shape index (κ3) is 2.41. The van der Waals surface area contributed by atoms with Crippen LogP contribution in [0.15, 0.2) is 12.4 Å². The Labute approximate surface area is 115 Å². The van der Waals surface area contributed by atoms with Gasteiger partial charge in [0.05, 0.1) is 18.1 Å². The fourth-order valence-corrected chi connectivity index (χ4v) is 1.54. The van der Waals surface area contributed by atoms with Crippen LogP contribution in [0, 0.1) is 0 Å². The Morgan fingerprint density at radius 2 is 1.83 bits per heavy atom. The number of rotatable bonds is 3. The summed E-state index contributed by atoms with van der Waals surface area (Å²) in [6.07, 6.45) is 2.68. The van der Waals surface area contributed by atoms with Crippen LogP contribution in [0.2, 0.25) is 0 Å². The van der Waals surface area contributed by atoms with Crippen LogP contribution in [0.5, 0.6) is 0 Å². The smallest absolute Gasteiger partial charge is 0.399 e. The average Bonchev–Trinajstić information content (AvgIpc) is 2.56. The van der Waals surface area contributed by atoms with E-state index in [9.17, 15) is 0 Å². The molecule has 0 saturated carbocycles. The number of ether oxygens (including phenoxy) is 1. The Bertz CT molecular complexity index is 561. The standard InChI is InChI=1S/C12H19BN2O3/c1-11(2)12(3,4)18-13(17-11)9-6-14-10(8-16-5)15-7-9/h6-7H,8H2,1-5H3/i5D3,8D2. The van der Waals surface area contributed by atoms with Crippen LogP contribution >= 0.6 is 0 Å². The molecule has 1 aliphatic heterocycles. The van der Waals surface area contributed by atoms with E-state index in [1.807, 2.05) is 27.7 Å². The summed E-state index contributed by atoms with van der Waals surface area (Å²) >= 11 is 0. The van der Waals surface area contributed by atoms with Crippen molar-refractivity contribution >= 4 is 12.6 Å². The Balaban J connectivity index is 2.18. The predicted molar refractivity (Wildman–Crippen MR) is 68.5 cm³/mol. The van der Waals surface area contributed by atoms with Crippen molar-refractivity contribution < 1.29 is 20.9 Å². The van der Waals surface area contributed by atoms with Crippen molar-refractivity contribution in [3.63, 3.8) is 0 Å². The molecule has 0 N–H and O–H groups in total. The zero-order valence-corrected chi connectivity index (χ0v) is 10.9. The van der Waals surface area contributed by atoms with Gasteiger partial charge in [0.2, 0.25) is 0 Å². The highest BCUT2D eigenvalue weighted by molar-refractivity contribution is 6.61. The van der Waals surface area contributed by atoms with Crippen molar-refractivity contribution in [2.24, 2.45) is 0 Å². The number of aromatic nitrogens is 2. The maximum Gasteiger partial charge on any atom is 0.498 e. The van der Waals surface area contributed by atoms with Gasteiger partial charge in [-0.2, -0.15) is 0 Å². The van der Waals surface area contributed by atoms with Gasteiger partial charge in [-0.3, -0.25) is 0 Å². The molecule has 0 unspecified atom stereocenters. The Morgan fingerprint density at radius 3 is 2.33 bits per heavy atom. The maximum atomic E-state index is 7.63. The molecule has 5 nitrogen and oxygen atoms in total. The lowest BCUT2D eigenvalue weighted by atomic mass is 9.81. The minimum atomic E-state index is -2.89. The second-order valence-electron chi connectivity index (χ2n) is 5.13. The molecule has 2 rings (SSSR count). The first-order valence-corrected chi connectivity index (χ1v) is 5.62. The fourth-order valence-electron chi connectivity index (χ4n) is 1.54. The van der Waals surface area contributed by atoms with Gasteiger partial charge in [0, 0.05) is 24.9 Å². The fraction of sp³-hybridized carbons (Fsp3) is 0.667. The van der Waals surface area contributed by atoms with Gasteiger partial charge in [0.15, 0.2) is 5.82 Å². The molecule has 0 aromatic carbocycles. The van der Waals surface area contributed by atoms with Crippen LogP contribution in [0.3, 0.4) is 0 Å². The second-order valence-corrected chi connectivity index (χ2v) is 5.13. The van der Waals surface area contributed by atoms with Gasteiger partial charge in [-0.1, -0.05) is 0 Å². The molecule has 0 atom stereocenters. The Morgan fingerprint density at radius 1 is 1.28 bits per heavy atom. The van der Waals surface area contributed by atoms with Crippen molar-refractivity contribution in [3.05, 3.63) is 18.2 Å². The van der Waals surface area contributed by atoms with Crippen LogP contribution in [-0.4, -0.2) is 35.3 Å². The summed E-state index contributed by atoms with van der Waals surface area (Å²) in [4.78, 5) is 7.71. The molecule has 1 aromatic rings. The molecule has 1 fully saturated rings. The van der Waals surface area contributed by atoms with Crippen LogP contribution in [0.25, 0.3) is 0 Å². The second kappa shape index (κ2) is 4.61. The van der Waals surface area contributed by atoms with Gasteiger partial charge in [-0.05, 0) is 27.7 Å². The van der Waals surface area contributed by atoms with E-state index in [2.05, 4.69) is 14.7 Å². The number of methoxy groups -OCH3 is 1. The van der Waals surface area contributed by atoms with E-state index in [-0.39, 0.29) is 5.82 Å². The number of hydrogen-bond donors (Lipinski definition) is 0. The van der Waals surface area contributed by atoms with Crippen molar-refractivity contribution in [1.82, 2.24) is 9.97 Å². The van der Waals surface area contributed by atoms with Crippen LogP contribution in [0.4, 0.5) is 0 Å². The highest BCUT2D eigenvalue weighted by Gasteiger charge is 2.51. The van der Waals surface area contributed by atoms with Crippen molar-refractivity contribution in [1.29, 1.82) is 0 Å². The van der Waals surface area contributed by atoms with Gasteiger partial charge < -0.3 is 14.0 Å². The van der Waals surface area contributed by atoms with Crippen molar-refractivity contribution in [2.75, 3.05) is 7.04 Å². The van der Waals surface area contributed by atoms with E-state index in [1.54, 1.807) is 0 Å².